The van der Waals surface area contributed by atoms with Crippen LogP contribution in [0.25, 0.3) is 0 Å². The highest BCUT2D eigenvalue weighted by molar-refractivity contribution is 9.10. The molecule has 8 heteroatoms. The molecular weight excluding hydrogens is 379 g/mol. The van der Waals surface area contributed by atoms with Gasteiger partial charge in [-0.15, -0.1) is 0 Å². The molecule has 21 heavy (non-hydrogen) atoms. The van der Waals surface area contributed by atoms with Crippen LogP contribution < -0.4 is 4.90 Å². The van der Waals surface area contributed by atoms with Crippen LogP contribution in [0.1, 0.15) is 6.92 Å². The molecule has 1 saturated heterocycles. The summed E-state index contributed by atoms with van der Waals surface area (Å²) in [7, 11) is -3.10. The van der Waals surface area contributed by atoms with E-state index in [2.05, 4.69) is 20.9 Å². The van der Waals surface area contributed by atoms with Gasteiger partial charge in [-0.3, -0.25) is 4.99 Å². The van der Waals surface area contributed by atoms with E-state index >= 15 is 0 Å². The Morgan fingerprint density at radius 2 is 2.24 bits per heavy atom. The van der Waals surface area contributed by atoms with Gasteiger partial charge in [0.05, 0.1) is 29.3 Å². The Morgan fingerprint density at radius 3 is 2.90 bits per heavy atom. The molecule has 0 bridgehead atoms. The second-order valence-electron chi connectivity index (χ2n) is 5.02. The summed E-state index contributed by atoms with van der Waals surface area (Å²) in [6.07, 6.45) is 0. The highest BCUT2D eigenvalue weighted by atomic mass is 79.9. The molecule has 2 aliphatic rings. The quantitative estimate of drug-likeness (QED) is 0.776. The van der Waals surface area contributed by atoms with Gasteiger partial charge in [-0.25, -0.2) is 12.8 Å². The van der Waals surface area contributed by atoms with Crippen LogP contribution in [0, 0.1) is 5.82 Å². The minimum atomic E-state index is -3.10. The number of anilines is 1. The molecule has 0 amide bonds. The first-order valence-corrected chi connectivity index (χ1v) is 10.2. The van der Waals surface area contributed by atoms with E-state index in [-0.39, 0.29) is 29.4 Å². The number of nitrogens with zero attached hydrogens (tertiary/aromatic N) is 2. The first-order chi connectivity index (χ1) is 9.91. The lowest BCUT2D eigenvalue weighted by molar-refractivity contribution is 0.600. The fourth-order valence-corrected chi connectivity index (χ4v) is 5.74. The molecule has 0 aliphatic carbocycles. The lowest BCUT2D eigenvalue weighted by atomic mass is 10.1. The van der Waals surface area contributed by atoms with Crippen LogP contribution >= 0.6 is 27.7 Å². The van der Waals surface area contributed by atoms with Gasteiger partial charge >= 0.3 is 0 Å². The van der Waals surface area contributed by atoms with Crippen LogP contribution in [0.4, 0.5) is 10.1 Å². The summed E-state index contributed by atoms with van der Waals surface area (Å²) in [5.41, 5.74) is 0.391. The standard InChI is InChI=1S/C13H14BrFN2O2S2/c1-2-20-13-16-10-6-21(18,19)7-12(10)17(13)11-4-3-8(14)5-9(11)15/h3-5,10,12H,2,6-7H2,1H3/t10-,12+/m1/s1. The molecule has 0 saturated carbocycles. The maximum atomic E-state index is 14.3. The van der Waals surface area contributed by atoms with Crippen LogP contribution in [0.15, 0.2) is 27.7 Å². The topological polar surface area (TPSA) is 49.7 Å². The van der Waals surface area contributed by atoms with Crippen molar-refractivity contribution in [3.63, 3.8) is 0 Å². The van der Waals surface area contributed by atoms with E-state index in [1.807, 2.05) is 6.92 Å². The summed E-state index contributed by atoms with van der Waals surface area (Å²) in [5, 5.41) is 0.712. The molecule has 0 radical (unpaired) electrons. The number of sulfone groups is 1. The van der Waals surface area contributed by atoms with Gasteiger partial charge in [-0.2, -0.15) is 0 Å². The summed E-state index contributed by atoms with van der Waals surface area (Å²) in [6, 6.07) is 4.23. The van der Waals surface area contributed by atoms with Crippen molar-refractivity contribution in [1.29, 1.82) is 0 Å². The van der Waals surface area contributed by atoms with Gasteiger partial charge in [0.1, 0.15) is 5.82 Å². The van der Waals surface area contributed by atoms with Gasteiger partial charge in [0, 0.05) is 4.47 Å². The molecule has 4 nitrogen and oxygen atoms in total. The zero-order valence-corrected chi connectivity index (χ0v) is 14.5. The average molecular weight is 393 g/mol. The zero-order valence-electron chi connectivity index (χ0n) is 11.3. The molecule has 2 heterocycles. The van der Waals surface area contributed by atoms with Gasteiger partial charge < -0.3 is 4.90 Å². The van der Waals surface area contributed by atoms with Crippen LogP contribution in [0.2, 0.25) is 0 Å². The van der Waals surface area contributed by atoms with Crippen molar-refractivity contribution in [1.82, 2.24) is 0 Å². The second-order valence-corrected chi connectivity index (χ2v) is 9.32. The molecule has 0 N–H and O–H groups in total. The van der Waals surface area contributed by atoms with E-state index in [9.17, 15) is 12.8 Å². The predicted octanol–water partition coefficient (Wildman–Crippen LogP) is 2.68. The molecule has 2 atom stereocenters. The van der Waals surface area contributed by atoms with Crippen LogP contribution in [-0.2, 0) is 9.84 Å². The van der Waals surface area contributed by atoms with Crippen molar-refractivity contribution in [2.45, 2.75) is 19.0 Å². The molecule has 0 spiro atoms. The molecule has 3 rings (SSSR count). The first-order valence-electron chi connectivity index (χ1n) is 6.56. The fraction of sp³-hybridized carbons (Fsp3) is 0.462. The molecule has 1 aromatic carbocycles. The monoisotopic (exact) mass is 392 g/mol. The fourth-order valence-electron chi connectivity index (χ4n) is 2.72. The Bertz CT molecular complexity index is 708. The van der Waals surface area contributed by atoms with Gasteiger partial charge in [0.2, 0.25) is 0 Å². The largest absolute Gasteiger partial charge is 0.312 e. The summed E-state index contributed by atoms with van der Waals surface area (Å²) < 4.78 is 38.6. The van der Waals surface area contributed by atoms with E-state index in [0.29, 0.717) is 15.3 Å². The lowest BCUT2D eigenvalue weighted by Crippen LogP contribution is -2.39. The maximum Gasteiger partial charge on any atom is 0.164 e. The summed E-state index contributed by atoms with van der Waals surface area (Å²) in [5.74, 6) is 0.517. The minimum Gasteiger partial charge on any atom is -0.312 e. The summed E-state index contributed by atoms with van der Waals surface area (Å²) in [6.45, 7) is 1.99. The molecule has 0 aromatic heterocycles. The van der Waals surface area contributed by atoms with E-state index in [1.165, 1.54) is 17.8 Å². The van der Waals surface area contributed by atoms with Crippen LogP contribution in [0.3, 0.4) is 0 Å². The van der Waals surface area contributed by atoms with Gasteiger partial charge in [0.25, 0.3) is 0 Å². The van der Waals surface area contributed by atoms with E-state index in [0.717, 1.165) is 5.75 Å². The Balaban J connectivity index is 2.03. The number of aliphatic imine (C=N–C) groups is 1. The van der Waals surface area contributed by atoms with E-state index in [4.69, 9.17) is 0 Å². The Kier molecular flexibility index (Phi) is 4.04. The van der Waals surface area contributed by atoms with Gasteiger partial charge in [-0.05, 0) is 24.0 Å². The number of fused-ring (bicyclic) bond motifs is 1. The third-order valence-electron chi connectivity index (χ3n) is 3.55. The molecular formula is C13H14BrFN2O2S2. The number of thioether (sulfide) groups is 1. The third kappa shape index (κ3) is 2.85. The molecule has 1 fully saturated rings. The molecule has 2 aliphatic heterocycles. The van der Waals surface area contributed by atoms with E-state index < -0.39 is 9.84 Å². The van der Waals surface area contributed by atoms with Crippen molar-refractivity contribution in [3.8, 4) is 0 Å². The van der Waals surface area contributed by atoms with Crippen molar-refractivity contribution in [3.05, 3.63) is 28.5 Å². The highest BCUT2D eigenvalue weighted by Crippen LogP contribution is 2.36. The van der Waals surface area contributed by atoms with Crippen molar-refractivity contribution in [2.24, 2.45) is 4.99 Å². The lowest BCUT2D eigenvalue weighted by Gasteiger charge is -2.26. The van der Waals surface area contributed by atoms with Crippen LogP contribution in [-0.4, -0.2) is 42.9 Å². The average Bonchev–Trinajstić information content (AvgIpc) is 2.82. The second kappa shape index (κ2) is 5.55. The summed E-state index contributed by atoms with van der Waals surface area (Å²) in [4.78, 5) is 6.26. The number of halogens is 2. The molecule has 114 valence electrons. The smallest absolute Gasteiger partial charge is 0.164 e. The molecule has 1 aromatic rings. The number of benzene rings is 1. The normalized spacial score (nSPS) is 26.8. The maximum absolute atomic E-state index is 14.3. The predicted molar refractivity (Wildman–Crippen MR) is 88.4 cm³/mol. The van der Waals surface area contributed by atoms with Crippen molar-refractivity contribution >= 4 is 48.4 Å². The van der Waals surface area contributed by atoms with Crippen LogP contribution in [0.5, 0.6) is 0 Å². The number of amidine groups is 1. The SMILES string of the molecule is CCSC1=N[C@@H]2CS(=O)(=O)C[C@@H]2N1c1ccc(Br)cc1F. The number of rotatable bonds is 2. The molecule has 0 unspecified atom stereocenters. The van der Waals surface area contributed by atoms with E-state index in [1.54, 1.807) is 17.0 Å². The Hall–Kier alpha value is -0.600. The Labute approximate surface area is 135 Å². The van der Waals surface area contributed by atoms with Crippen molar-refractivity contribution in [2.75, 3.05) is 22.2 Å². The third-order valence-corrected chi connectivity index (χ3v) is 6.59. The summed E-state index contributed by atoms with van der Waals surface area (Å²) >= 11 is 4.75. The van der Waals surface area contributed by atoms with Gasteiger partial charge in [0.15, 0.2) is 15.0 Å². The Morgan fingerprint density at radius 1 is 1.48 bits per heavy atom. The van der Waals surface area contributed by atoms with Crippen molar-refractivity contribution < 1.29 is 12.8 Å². The first kappa shape index (κ1) is 15.3. The highest BCUT2D eigenvalue weighted by Gasteiger charge is 2.47. The minimum absolute atomic E-state index is 0.0322. The zero-order chi connectivity index (χ0) is 15.2. The number of hydrogen-bond donors (Lipinski definition) is 0. The van der Waals surface area contributed by atoms with Gasteiger partial charge in [-0.1, -0.05) is 34.6 Å². The number of hydrogen-bond acceptors (Lipinski definition) is 5.